The number of nitro groups is 1. The van der Waals surface area contributed by atoms with E-state index in [9.17, 15) is 10.1 Å². The van der Waals surface area contributed by atoms with Crippen LogP contribution in [0.4, 0.5) is 5.00 Å². The van der Waals surface area contributed by atoms with Gasteiger partial charge < -0.3 is 5.73 Å². The first-order valence-corrected chi connectivity index (χ1v) is 5.02. The highest BCUT2D eigenvalue weighted by atomic mass is 35.5. The Morgan fingerprint density at radius 3 is 2.93 bits per heavy atom. The molecule has 4 nitrogen and oxygen atoms in total. The van der Waals surface area contributed by atoms with Gasteiger partial charge in [-0.25, -0.2) is 0 Å². The van der Waals surface area contributed by atoms with Gasteiger partial charge in [0.05, 0.1) is 4.92 Å². The summed E-state index contributed by atoms with van der Waals surface area (Å²) in [4.78, 5) is 11.3. The van der Waals surface area contributed by atoms with Gasteiger partial charge in [0, 0.05) is 17.0 Å². The maximum atomic E-state index is 10.5. The van der Waals surface area contributed by atoms with E-state index < -0.39 is 0 Å². The average molecular weight is 235 g/mol. The molecule has 0 saturated carbocycles. The summed E-state index contributed by atoms with van der Waals surface area (Å²) < 4.78 is 0. The average Bonchev–Trinajstić information content (AvgIpc) is 2.49. The Balaban J connectivity index is 0.000000980. The number of nitrogens with two attached hydrogens (primary N) is 1. The predicted molar refractivity (Wildman–Crippen MR) is 58.1 cm³/mol. The van der Waals surface area contributed by atoms with Crippen LogP contribution in [0.3, 0.4) is 0 Å². The predicted octanol–water partition coefficient (Wildman–Crippen LogP) is 2.41. The van der Waals surface area contributed by atoms with E-state index in [1.54, 1.807) is 6.07 Å². The van der Waals surface area contributed by atoms with Gasteiger partial charge in [-0.15, -0.1) is 12.4 Å². The number of halogens is 1. The molecule has 6 heteroatoms. The van der Waals surface area contributed by atoms with E-state index in [4.69, 9.17) is 5.73 Å². The summed E-state index contributed by atoms with van der Waals surface area (Å²) in [6.07, 6.45) is 2.94. The molecule has 0 saturated heterocycles. The Bertz CT molecular complexity index is 353. The van der Waals surface area contributed by atoms with Crippen molar-refractivity contribution < 1.29 is 4.92 Å². The summed E-state index contributed by atoms with van der Waals surface area (Å²) in [7, 11) is 0. The zero-order chi connectivity index (χ0) is 9.42. The fourth-order valence-corrected chi connectivity index (χ4v) is 2.75. The first-order chi connectivity index (χ1) is 6.18. The van der Waals surface area contributed by atoms with Gasteiger partial charge in [0.15, 0.2) is 0 Å². The summed E-state index contributed by atoms with van der Waals surface area (Å²) in [6.45, 7) is 0. The second-order valence-corrected chi connectivity index (χ2v) is 4.33. The molecule has 0 amide bonds. The molecule has 1 aromatic rings. The van der Waals surface area contributed by atoms with Crippen LogP contribution in [0.15, 0.2) is 6.07 Å². The van der Waals surface area contributed by atoms with Crippen molar-refractivity contribution in [3.8, 4) is 0 Å². The van der Waals surface area contributed by atoms with Crippen LogP contribution in [0.5, 0.6) is 0 Å². The maximum absolute atomic E-state index is 10.5. The Labute approximate surface area is 91.7 Å². The molecule has 0 aliphatic heterocycles. The molecule has 1 aliphatic carbocycles. The fourth-order valence-electron chi connectivity index (χ4n) is 1.67. The van der Waals surface area contributed by atoms with Crippen molar-refractivity contribution in [3.05, 3.63) is 26.6 Å². The smallest absolute Gasteiger partial charge is 0.324 e. The second kappa shape index (κ2) is 4.25. The molecule has 14 heavy (non-hydrogen) atoms. The zero-order valence-electron chi connectivity index (χ0n) is 7.43. The molecule has 0 bridgehead atoms. The number of hydrogen-bond donors (Lipinski definition) is 1. The Morgan fingerprint density at radius 2 is 2.36 bits per heavy atom. The molecule has 1 atom stereocenters. The van der Waals surface area contributed by atoms with Crippen LogP contribution in [-0.4, -0.2) is 4.92 Å². The standard InChI is InChI=1S/C8H10N2O2S.ClH/c9-6-2-1-3-7-5(6)4-8(13-7)10(11)12;/h4,6H,1-3,9H2;1H. The lowest BCUT2D eigenvalue weighted by atomic mass is 9.95. The van der Waals surface area contributed by atoms with E-state index in [0.717, 1.165) is 29.7 Å². The van der Waals surface area contributed by atoms with Crippen LogP contribution in [0.1, 0.15) is 29.3 Å². The SMILES string of the molecule is Cl.NC1CCCc2sc([N+](=O)[O-])cc21. The van der Waals surface area contributed by atoms with E-state index in [1.165, 1.54) is 11.3 Å². The molecule has 1 unspecified atom stereocenters. The topological polar surface area (TPSA) is 69.2 Å². The molecule has 0 aromatic carbocycles. The Kier molecular flexibility index (Phi) is 3.47. The van der Waals surface area contributed by atoms with E-state index in [-0.39, 0.29) is 28.4 Å². The summed E-state index contributed by atoms with van der Waals surface area (Å²) in [5.41, 5.74) is 6.83. The van der Waals surface area contributed by atoms with Gasteiger partial charge in [0.1, 0.15) is 0 Å². The van der Waals surface area contributed by atoms with Crippen molar-refractivity contribution in [2.75, 3.05) is 0 Å². The number of aryl methyl sites for hydroxylation is 1. The highest BCUT2D eigenvalue weighted by Gasteiger charge is 2.23. The zero-order valence-corrected chi connectivity index (χ0v) is 9.07. The van der Waals surface area contributed by atoms with Gasteiger partial charge in [-0.2, -0.15) is 0 Å². The van der Waals surface area contributed by atoms with Gasteiger partial charge in [0.25, 0.3) is 0 Å². The lowest BCUT2D eigenvalue weighted by Gasteiger charge is -2.16. The highest BCUT2D eigenvalue weighted by molar-refractivity contribution is 7.15. The normalized spacial score (nSPS) is 19.6. The number of thiophene rings is 1. The lowest BCUT2D eigenvalue weighted by Crippen LogP contribution is -2.15. The summed E-state index contributed by atoms with van der Waals surface area (Å²) in [6, 6.07) is 1.64. The number of nitrogens with zero attached hydrogens (tertiary/aromatic N) is 1. The second-order valence-electron chi connectivity index (χ2n) is 3.22. The maximum Gasteiger partial charge on any atom is 0.324 e. The van der Waals surface area contributed by atoms with Gasteiger partial charge in [-0.05, 0) is 24.8 Å². The first-order valence-electron chi connectivity index (χ1n) is 4.21. The van der Waals surface area contributed by atoms with Crippen LogP contribution in [0.25, 0.3) is 0 Å². The van der Waals surface area contributed by atoms with Crippen molar-refractivity contribution in [3.63, 3.8) is 0 Å². The molecular formula is C8H11ClN2O2S. The molecular weight excluding hydrogens is 224 g/mol. The number of hydrogen-bond acceptors (Lipinski definition) is 4. The minimum absolute atomic E-state index is 0. The molecule has 0 fully saturated rings. The molecule has 2 N–H and O–H groups in total. The first kappa shape index (κ1) is 11.4. The third-order valence-corrected chi connectivity index (χ3v) is 3.49. The molecule has 78 valence electrons. The largest absolute Gasteiger partial charge is 0.324 e. The van der Waals surface area contributed by atoms with Crippen LogP contribution >= 0.6 is 23.7 Å². The third-order valence-electron chi connectivity index (χ3n) is 2.33. The fraction of sp³-hybridized carbons (Fsp3) is 0.500. The van der Waals surface area contributed by atoms with E-state index in [0.29, 0.717) is 0 Å². The lowest BCUT2D eigenvalue weighted by molar-refractivity contribution is -0.380. The molecule has 0 spiro atoms. The van der Waals surface area contributed by atoms with Crippen molar-refractivity contribution in [1.29, 1.82) is 0 Å². The number of fused-ring (bicyclic) bond motifs is 1. The Morgan fingerprint density at radius 1 is 1.64 bits per heavy atom. The monoisotopic (exact) mass is 234 g/mol. The van der Waals surface area contributed by atoms with Crippen molar-refractivity contribution >= 4 is 28.7 Å². The molecule has 1 heterocycles. The van der Waals surface area contributed by atoms with Gasteiger partial charge in [0.2, 0.25) is 0 Å². The van der Waals surface area contributed by atoms with E-state index >= 15 is 0 Å². The minimum atomic E-state index is -0.338. The Hall–Kier alpha value is -0.650. The van der Waals surface area contributed by atoms with Crippen molar-refractivity contribution in [2.24, 2.45) is 5.73 Å². The van der Waals surface area contributed by atoms with Crippen LogP contribution in [-0.2, 0) is 6.42 Å². The quantitative estimate of drug-likeness (QED) is 0.599. The van der Waals surface area contributed by atoms with Crippen molar-refractivity contribution in [1.82, 2.24) is 0 Å². The molecule has 2 rings (SSSR count). The van der Waals surface area contributed by atoms with Gasteiger partial charge in [-0.3, -0.25) is 10.1 Å². The van der Waals surface area contributed by atoms with E-state index in [1.807, 2.05) is 0 Å². The molecule has 1 aromatic heterocycles. The summed E-state index contributed by atoms with van der Waals surface area (Å²) in [5.74, 6) is 0. The van der Waals surface area contributed by atoms with Crippen LogP contribution < -0.4 is 5.73 Å². The minimum Gasteiger partial charge on any atom is -0.324 e. The molecule has 0 radical (unpaired) electrons. The molecule has 1 aliphatic rings. The number of rotatable bonds is 1. The summed E-state index contributed by atoms with van der Waals surface area (Å²) >= 11 is 1.27. The van der Waals surface area contributed by atoms with Crippen LogP contribution in [0.2, 0.25) is 0 Å². The van der Waals surface area contributed by atoms with Gasteiger partial charge >= 0.3 is 5.00 Å². The van der Waals surface area contributed by atoms with Gasteiger partial charge in [-0.1, -0.05) is 11.3 Å². The van der Waals surface area contributed by atoms with E-state index in [2.05, 4.69) is 0 Å². The van der Waals surface area contributed by atoms with Crippen LogP contribution in [0, 0.1) is 10.1 Å². The summed E-state index contributed by atoms with van der Waals surface area (Å²) in [5, 5.41) is 10.7. The highest BCUT2D eigenvalue weighted by Crippen LogP contribution is 2.37. The third kappa shape index (κ3) is 1.89. The van der Waals surface area contributed by atoms with Crippen molar-refractivity contribution in [2.45, 2.75) is 25.3 Å².